The first-order valence-electron chi connectivity index (χ1n) is 6.87. The first-order chi connectivity index (χ1) is 9.70. The molecule has 1 aromatic carbocycles. The number of aromatic nitrogens is 1. The summed E-state index contributed by atoms with van der Waals surface area (Å²) in [5.74, 6) is -0.500. The number of amides is 1. The van der Waals surface area contributed by atoms with Crippen LogP contribution in [0.3, 0.4) is 0 Å². The molecule has 0 saturated carbocycles. The minimum Gasteiger partial charge on any atom is -0.408 e. The van der Waals surface area contributed by atoms with Gasteiger partial charge in [-0.05, 0) is 44.0 Å². The highest BCUT2D eigenvalue weighted by atomic mass is 35.5. The van der Waals surface area contributed by atoms with Crippen molar-refractivity contribution in [2.75, 3.05) is 11.9 Å². The number of hydrogen-bond donors (Lipinski definition) is 3. The minimum absolute atomic E-state index is 0. The summed E-state index contributed by atoms with van der Waals surface area (Å²) in [6.45, 7) is 1.05. The molecule has 0 spiro atoms. The number of carbonyl (C=O) groups excluding carboxylic acids is 1. The van der Waals surface area contributed by atoms with Gasteiger partial charge in [0.1, 0.15) is 0 Å². The van der Waals surface area contributed by atoms with E-state index < -0.39 is 5.76 Å². The lowest BCUT2D eigenvalue weighted by Crippen LogP contribution is -2.23. The summed E-state index contributed by atoms with van der Waals surface area (Å²) in [6.07, 6.45) is 3.69. The molecular formula is C14H18ClN3O3. The molecule has 1 fully saturated rings. The molecule has 114 valence electrons. The molecule has 1 aromatic heterocycles. The first-order valence-corrected chi connectivity index (χ1v) is 6.87. The second-order valence-corrected chi connectivity index (χ2v) is 5.11. The number of hydrogen-bond acceptors (Lipinski definition) is 4. The third kappa shape index (κ3) is 3.86. The maximum absolute atomic E-state index is 11.9. The van der Waals surface area contributed by atoms with Crippen LogP contribution < -0.4 is 16.4 Å². The topological polar surface area (TPSA) is 87.1 Å². The fourth-order valence-electron chi connectivity index (χ4n) is 2.56. The summed E-state index contributed by atoms with van der Waals surface area (Å²) in [4.78, 5) is 25.5. The van der Waals surface area contributed by atoms with Gasteiger partial charge in [-0.3, -0.25) is 9.78 Å². The number of aromatic amines is 1. The van der Waals surface area contributed by atoms with E-state index in [1.165, 1.54) is 6.42 Å². The van der Waals surface area contributed by atoms with E-state index in [0.29, 0.717) is 29.2 Å². The van der Waals surface area contributed by atoms with Crippen LogP contribution in [0.15, 0.2) is 27.4 Å². The number of oxazole rings is 1. The maximum atomic E-state index is 11.9. The van der Waals surface area contributed by atoms with Crippen LogP contribution in [0, 0.1) is 0 Å². The van der Waals surface area contributed by atoms with Gasteiger partial charge in [0.15, 0.2) is 5.58 Å². The van der Waals surface area contributed by atoms with Crippen LogP contribution in [0.25, 0.3) is 11.1 Å². The Bertz CT molecular complexity index is 673. The molecule has 1 aliphatic heterocycles. The van der Waals surface area contributed by atoms with Gasteiger partial charge in [-0.15, -0.1) is 12.4 Å². The maximum Gasteiger partial charge on any atom is 0.417 e. The van der Waals surface area contributed by atoms with Crippen molar-refractivity contribution in [2.24, 2.45) is 0 Å². The van der Waals surface area contributed by atoms with Crippen LogP contribution >= 0.6 is 12.4 Å². The van der Waals surface area contributed by atoms with Gasteiger partial charge in [-0.1, -0.05) is 0 Å². The molecule has 3 N–H and O–H groups in total. The molecule has 0 radical (unpaired) electrons. The zero-order chi connectivity index (χ0) is 13.9. The van der Waals surface area contributed by atoms with Crippen LogP contribution in [0.4, 0.5) is 5.69 Å². The van der Waals surface area contributed by atoms with Crippen molar-refractivity contribution in [3.8, 4) is 0 Å². The van der Waals surface area contributed by atoms with Crippen LogP contribution in [0.2, 0.25) is 0 Å². The van der Waals surface area contributed by atoms with Crippen molar-refractivity contribution in [1.29, 1.82) is 0 Å². The van der Waals surface area contributed by atoms with Gasteiger partial charge < -0.3 is 15.1 Å². The fourth-order valence-corrected chi connectivity index (χ4v) is 2.56. The Morgan fingerprint density at radius 3 is 3.05 bits per heavy atom. The zero-order valence-electron chi connectivity index (χ0n) is 11.5. The summed E-state index contributed by atoms with van der Waals surface area (Å²) in [5, 5.41) is 6.21. The van der Waals surface area contributed by atoms with Gasteiger partial charge in [0, 0.05) is 18.2 Å². The van der Waals surface area contributed by atoms with Gasteiger partial charge in [0.25, 0.3) is 0 Å². The SMILES string of the molecule is Cl.O=C(CCC1CCCN1)Nc1ccc2oc(=O)[nH]c2c1. The predicted molar refractivity (Wildman–Crippen MR) is 83.0 cm³/mol. The summed E-state index contributed by atoms with van der Waals surface area (Å²) >= 11 is 0. The highest BCUT2D eigenvalue weighted by molar-refractivity contribution is 5.92. The molecule has 7 heteroatoms. The molecule has 2 heterocycles. The van der Waals surface area contributed by atoms with Gasteiger partial charge in [-0.25, -0.2) is 4.79 Å². The molecule has 2 aromatic rings. The lowest BCUT2D eigenvalue weighted by molar-refractivity contribution is -0.116. The van der Waals surface area contributed by atoms with Crippen LogP contribution in [-0.4, -0.2) is 23.5 Å². The van der Waals surface area contributed by atoms with E-state index in [1.807, 2.05) is 0 Å². The van der Waals surface area contributed by atoms with Crippen LogP contribution in [0.5, 0.6) is 0 Å². The molecule has 21 heavy (non-hydrogen) atoms. The van der Waals surface area contributed by atoms with Crippen molar-refractivity contribution in [3.05, 3.63) is 28.7 Å². The lowest BCUT2D eigenvalue weighted by Gasteiger charge is -2.09. The zero-order valence-corrected chi connectivity index (χ0v) is 12.3. The number of benzene rings is 1. The Labute approximate surface area is 127 Å². The Morgan fingerprint density at radius 2 is 2.29 bits per heavy atom. The number of anilines is 1. The molecule has 0 aliphatic carbocycles. The molecule has 1 saturated heterocycles. The Morgan fingerprint density at radius 1 is 1.43 bits per heavy atom. The summed E-state index contributed by atoms with van der Waals surface area (Å²) in [7, 11) is 0. The highest BCUT2D eigenvalue weighted by Crippen LogP contribution is 2.17. The molecule has 1 amide bonds. The number of rotatable bonds is 4. The standard InChI is InChI=1S/C14H17N3O3.ClH/c18-13(6-4-9-2-1-7-15-9)16-10-3-5-12-11(8-10)17-14(19)20-12;/h3,5,8-9,15H,1-2,4,6-7H2,(H,16,18)(H,17,19);1H. The Kier molecular flexibility index (Phi) is 5.03. The summed E-state index contributed by atoms with van der Waals surface area (Å²) < 4.78 is 4.91. The Balaban J connectivity index is 0.00000161. The predicted octanol–water partition coefficient (Wildman–Crippen LogP) is 2.01. The first kappa shape index (κ1) is 15.6. The van der Waals surface area contributed by atoms with E-state index in [4.69, 9.17) is 4.42 Å². The van der Waals surface area contributed by atoms with E-state index in [1.54, 1.807) is 18.2 Å². The third-order valence-corrected chi connectivity index (χ3v) is 3.58. The molecule has 1 aliphatic rings. The van der Waals surface area contributed by atoms with Gasteiger partial charge in [-0.2, -0.15) is 0 Å². The monoisotopic (exact) mass is 311 g/mol. The van der Waals surface area contributed by atoms with E-state index in [9.17, 15) is 9.59 Å². The average molecular weight is 312 g/mol. The molecule has 1 atom stereocenters. The molecule has 1 unspecified atom stereocenters. The molecule has 6 nitrogen and oxygen atoms in total. The number of carbonyl (C=O) groups is 1. The van der Waals surface area contributed by atoms with Crippen molar-refractivity contribution < 1.29 is 9.21 Å². The van der Waals surface area contributed by atoms with Crippen molar-refractivity contribution in [1.82, 2.24) is 10.3 Å². The van der Waals surface area contributed by atoms with Crippen LogP contribution in [0.1, 0.15) is 25.7 Å². The number of H-pyrrole nitrogens is 1. The number of nitrogens with one attached hydrogen (secondary N) is 3. The van der Waals surface area contributed by atoms with Crippen molar-refractivity contribution >= 4 is 35.1 Å². The third-order valence-electron chi connectivity index (χ3n) is 3.58. The van der Waals surface area contributed by atoms with Crippen molar-refractivity contribution in [2.45, 2.75) is 31.7 Å². The molecule has 0 bridgehead atoms. The second-order valence-electron chi connectivity index (χ2n) is 5.11. The van der Waals surface area contributed by atoms with Crippen LogP contribution in [-0.2, 0) is 4.79 Å². The van der Waals surface area contributed by atoms with E-state index in [2.05, 4.69) is 15.6 Å². The number of fused-ring (bicyclic) bond motifs is 1. The average Bonchev–Trinajstić information content (AvgIpc) is 3.04. The van der Waals surface area contributed by atoms with E-state index in [0.717, 1.165) is 19.4 Å². The van der Waals surface area contributed by atoms with Gasteiger partial charge in [0.05, 0.1) is 5.52 Å². The Hall–Kier alpha value is -1.79. The van der Waals surface area contributed by atoms with Gasteiger partial charge >= 0.3 is 5.76 Å². The fraction of sp³-hybridized carbons (Fsp3) is 0.429. The normalized spacial score (nSPS) is 17.6. The van der Waals surface area contributed by atoms with E-state index >= 15 is 0 Å². The largest absolute Gasteiger partial charge is 0.417 e. The quantitative estimate of drug-likeness (QED) is 0.806. The number of halogens is 1. The molecule has 3 rings (SSSR count). The summed E-state index contributed by atoms with van der Waals surface area (Å²) in [6, 6.07) is 5.56. The minimum atomic E-state index is -0.490. The van der Waals surface area contributed by atoms with Gasteiger partial charge in [0.2, 0.25) is 5.91 Å². The lowest BCUT2D eigenvalue weighted by atomic mass is 10.1. The second kappa shape index (κ2) is 6.78. The van der Waals surface area contributed by atoms with Crippen molar-refractivity contribution in [3.63, 3.8) is 0 Å². The molecular weight excluding hydrogens is 294 g/mol. The summed E-state index contributed by atoms with van der Waals surface area (Å²) in [5.41, 5.74) is 1.74. The van der Waals surface area contributed by atoms with E-state index in [-0.39, 0.29) is 18.3 Å². The highest BCUT2D eigenvalue weighted by Gasteiger charge is 2.15. The smallest absolute Gasteiger partial charge is 0.408 e.